The summed E-state index contributed by atoms with van der Waals surface area (Å²) in [4.78, 5) is 10.5. The molecule has 2 nitrogen and oxygen atoms in total. The molecule has 1 heterocycles. The van der Waals surface area contributed by atoms with Gasteiger partial charge in [0.05, 0.1) is 12.9 Å². The maximum Gasteiger partial charge on any atom is 0.450 e. The van der Waals surface area contributed by atoms with Crippen LogP contribution in [0.25, 0.3) is 0 Å². The van der Waals surface area contributed by atoms with E-state index in [9.17, 15) is 18.0 Å². The normalized spacial score (nSPS) is 17.6. The monoisotopic (exact) mass is 194 g/mol. The Bertz CT molecular complexity index is 230. The second-order valence-corrected chi connectivity index (χ2v) is 2.85. The van der Waals surface area contributed by atoms with Crippen molar-refractivity contribution in [3.63, 3.8) is 0 Å². The van der Waals surface area contributed by atoms with Crippen LogP contribution >= 0.6 is 0 Å². The van der Waals surface area contributed by atoms with Crippen molar-refractivity contribution in [2.75, 3.05) is 6.61 Å². The molecule has 0 aromatic heterocycles. The van der Waals surface area contributed by atoms with Gasteiger partial charge in [-0.2, -0.15) is 13.2 Å². The third-order valence-corrected chi connectivity index (χ3v) is 1.71. The van der Waals surface area contributed by atoms with Crippen molar-refractivity contribution in [2.45, 2.75) is 25.4 Å². The van der Waals surface area contributed by atoms with E-state index in [1.54, 1.807) is 0 Å². The molecule has 0 bridgehead atoms. The summed E-state index contributed by atoms with van der Waals surface area (Å²) in [5.41, 5.74) is 0.425. The van der Waals surface area contributed by atoms with Gasteiger partial charge >= 0.3 is 6.18 Å². The second-order valence-electron chi connectivity index (χ2n) is 2.85. The molecule has 0 N–H and O–H groups in total. The Morgan fingerprint density at radius 3 is 2.69 bits per heavy atom. The first-order valence-corrected chi connectivity index (χ1v) is 3.89. The third-order valence-electron chi connectivity index (χ3n) is 1.71. The zero-order valence-electron chi connectivity index (χ0n) is 6.86. The van der Waals surface area contributed by atoms with E-state index in [0.29, 0.717) is 25.0 Å². The lowest BCUT2D eigenvalue weighted by Gasteiger charge is -2.13. The van der Waals surface area contributed by atoms with Crippen molar-refractivity contribution in [2.24, 2.45) is 0 Å². The van der Waals surface area contributed by atoms with Crippen molar-refractivity contribution in [1.82, 2.24) is 0 Å². The highest BCUT2D eigenvalue weighted by atomic mass is 19.4. The maximum atomic E-state index is 11.8. The first kappa shape index (κ1) is 10.1. The minimum Gasteiger partial charge on any atom is -0.501 e. The molecule has 0 aliphatic carbocycles. The molecule has 0 spiro atoms. The van der Waals surface area contributed by atoms with E-state index in [1.165, 1.54) is 6.26 Å². The summed E-state index contributed by atoms with van der Waals surface area (Å²) in [7, 11) is 0. The molecule has 0 aromatic rings. The Kier molecular flexibility index (Phi) is 2.95. The van der Waals surface area contributed by atoms with Gasteiger partial charge in [-0.15, -0.1) is 0 Å². The predicted molar refractivity (Wildman–Crippen MR) is 38.9 cm³/mol. The van der Waals surface area contributed by atoms with E-state index in [-0.39, 0.29) is 0 Å². The van der Waals surface area contributed by atoms with E-state index >= 15 is 0 Å². The molecule has 0 radical (unpaired) electrons. The lowest BCUT2D eigenvalue weighted by atomic mass is 10.0. The van der Waals surface area contributed by atoms with Gasteiger partial charge in [0.25, 0.3) is 0 Å². The molecular formula is C8H9F3O2. The molecule has 1 aliphatic heterocycles. The maximum absolute atomic E-state index is 11.8. The van der Waals surface area contributed by atoms with Gasteiger partial charge in [-0.1, -0.05) is 0 Å². The summed E-state index contributed by atoms with van der Waals surface area (Å²) >= 11 is 0. The minimum atomic E-state index is -4.72. The van der Waals surface area contributed by atoms with Gasteiger partial charge < -0.3 is 4.74 Å². The van der Waals surface area contributed by atoms with Gasteiger partial charge in [0.1, 0.15) is 0 Å². The number of allylic oxidation sites excluding steroid dienone is 1. The van der Waals surface area contributed by atoms with Gasteiger partial charge in [0.2, 0.25) is 5.78 Å². The van der Waals surface area contributed by atoms with Crippen molar-refractivity contribution in [1.29, 1.82) is 0 Å². The summed E-state index contributed by atoms with van der Waals surface area (Å²) in [6, 6.07) is 0. The molecule has 1 rings (SSSR count). The van der Waals surface area contributed by atoms with Gasteiger partial charge in [0, 0.05) is 6.42 Å². The highest BCUT2D eigenvalue weighted by Gasteiger charge is 2.38. The van der Waals surface area contributed by atoms with Crippen LogP contribution in [-0.4, -0.2) is 18.6 Å². The Labute approximate surface area is 73.4 Å². The number of hydrogen-bond donors (Lipinski definition) is 0. The molecule has 0 aromatic carbocycles. The Morgan fingerprint density at radius 1 is 1.54 bits per heavy atom. The topological polar surface area (TPSA) is 26.3 Å². The molecule has 0 saturated heterocycles. The quantitative estimate of drug-likeness (QED) is 0.673. The standard InChI is InChI=1S/C8H9F3O2/c9-8(10,11)7(12)4-6-2-1-3-13-5-6/h5H,1-4H2. The van der Waals surface area contributed by atoms with Crippen LogP contribution in [0.15, 0.2) is 11.8 Å². The summed E-state index contributed by atoms with van der Waals surface area (Å²) in [5.74, 6) is -1.70. The Balaban J connectivity index is 2.49. The molecule has 0 fully saturated rings. The van der Waals surface area contributed by atoms with Crippen molar-refractivity contribution in [3.05, 3.63) is 11.8 Å². The SMILES string of the molecule is O=C(CC1=COCCC1)C(F)(F)F. The van der Waals surface area contributed by atoms with Gasteiger partial charge in [0.15, 0.2) is 0 Å². The number of carbonyl (C=O) groups excluding carboxylic acids is 1. The highest BCUT2D eigenvalue weighted by molar-refractivity contribution is 5.86. The van der Waals surface area contributed by atoms with Gasteiger partial charge in [-0.25, -0.2) is 0 Å². The van der Waals surface area contributed by atoms with E-state index in [1.807, 2.05) is 0 Å². The van der Waals surface area contributed by atoms with E-state index < -0.39 is 18.4 Å². The number of halogens is 3. The Morgan fingerprint density at radius 2 is 2.23 bits per heavy atom. The molecular weight excluding hydrogens is 185 g/mol. The smallest absolute Gasteiger partial charge is 0.450 e. The van der Waals surface area contributed by atoms with Crippen LogP contribution in [0.2, 0.25) is 0 Å². The minimum absolute atomic E-state index is 0.425. The van der Waals surface area contributed by atoms with Crippen molar-refractivity contribution < 1.29 is 22.7 Å². The summed E-state index contributed by atoms with van der Waals surface area (Å²) < 4.78 is 40.2. The fourth-order valence-corrected chi connectivity index (χ4v) is 1.05. The number of Topliss-reactive ketones (excluding diaryl/α,β-unsaturated/α-hetero) is 1. The van der Waals surface area contributed by atoms with Crippen LogP contribution < -0.4 is 0 Å². The highest BCUT2D eigenvalue weighted by Crippen LogP contribution is 2.23. The molecule has 0 amide bonds. The van der Waals surface area contributed by atoms with Crippen molar-refractivity contribution >= 4 is 5.78 Å². The van der Waals surface area contributed by atoms with Crippen LogP contribution in [0.5, 0.6) is 0 Å². The first-order chi connectivity index (χ1) is 6.00. The molecule has 74 valence electrons. The van der Waals surface area contributed by atoms with Crippen LogP contribution in [-0.2, 0) is 9.53 Å². The first-order valence-electron chi connectivity index (χ1n) is 3.89. The molecule has 0 unspecified atom stereocenters. The number of ether oxygens (including phenoxy) is 1. The number of rotatable bonds is 2. The average molecular weight is 194 g/mol. The fraction of sp³-hybridized carbons (Fsp3) is 0.625. The number of alkyl halides is 3. The number of carbonyl (C=O) groups is 1. The van der Waals surface area contributed by atoms with E-state index in [4.69, 9.17) is 4.74 Å². The molecule has 1 aliphatic rings. The molecule has 0 saturated carbocycles. The Hall–Kier alpha value is -1.00. The molecule has 13 heavy (non-hydrogen) atoms. The lowest BCUT2D eigenvalue weighted by Crippen LogP contribution is -2.23. The number of ketones is 1. The van der Waals surface area contributed by atoms with Gasteiger partial charge in [-0.3, -0.25) is 4.79 Å². The molecule has 5 heteroatoms. The van der Waals surface area contributed by atoms with Crippen molar-refractivity contribution in [3.8, 4) is 0 Å². The largest absolute Gasteiger partial charge is 0.501 e. The average Bonchev–Trinajstić information content (AvgIpc) is 2.04. The third kappa shape index (κ3) is 3.08. The van der Waals surface area contributed by atoms with Crippen LogP contribution in [0.4, 0.5) is 13.2 Å². The van der Waals surface area contributed by atoms with Crippen LogP contribution in [0, 0.1) is 0 Å². The predicted octanol–water partition coefficient (Wildman–Crippen LogP) is 2.20. The summed E-state index contributed by atoms with van der Waals surface area (Å²) in [6.45, 7) is 0.518. The lowest BCUT2D eigenvalue weighted by molar-refractivity contribution is -0.170. The second kappa shape index (κ2) is 3.81. The van der Waals surface area contributed by atoms with Crippen LogP contribution in [0.1, 0.15) is 19.3 Å². The molecule has 0 atom stereocenters. The zero-order valence-corrected chi connectivity index (χ0v) is 6.86. The van der Waals surface area contributed by atoms with E-state index in [0.717, 1.165) is 0 Å². The fourth-order valence-electron chi connectivity index (χ4n) is 1.05. The number of hydrogen-bond acceptors (Lipinski definition) is 2. The zero-order chi connectivity index (χ0) is 9.90. The summed E-state index contributed by atoms with van der Waals surface area (Å²) in [6.07, 6.45) is -2.84. The summed E-state index contributed by atoms with van der Waals surface area (Å²) in [5, 5.41) is 0. The van der Waals surface area contributed by atoms with Crippen LogP contribution in [0.3, 0.4) is 0 Å². The van der Waals surface area contributed by atoms with Gasteiger partial charge in [-0.05, 0) is 18.4 Å². The van der Waals surface area contributed by atoms with E-state index in [2.05, 4.69) is 0 Å².